The Morgan fingerprint density at radius 1 is 1.23 bits per heavy atom. The van der Waals surface area contributed by atoms with Gasteiger partial charge in [-0.1, -0.05) is 55.4 Å². The Kier molecular flexibility index (Phi) is 10.5. The van der Waals surface area contributed by atoms with Crippen LogP contribution in [0.1, 0.15) is 60.8 Å². The zero-order valence-electron chi connectivity index (χ0n) is 19.2. The standard InChI is InChI=1S/C25H37NO4/c1-7-30-24(29)22(17-27)26-23(28)16-19(3)11-8-10-18(2)13-14-21-20(4)12-9-15-25(21,5)6/h8,10-11,13-14,16,22,27H,7,9,12,15,17H2,1-6H3,(H,26,28)/b11-8+,14-13+,18-10+,19-16+/t22-/m0/s1. The molecule has 0 spiro atoms. The van der Waals surface area contributed by atoms with Gasteiger partial charge >= 0.3 is 5.97 Å². The van der Waals surface area contributed by atoms with Crippen LogP contribution in [0.25, 0.3) is 0 Å². The molecule has 0 saturated heterocycles. The van der Waals surface area contributed by atoms with Crippen LogP contribution in [0.15, 0.2) is 58.7 Å². The molecule has 0 aromatic rings. The van der Waals surface area contributed by atoms with Crippen molar-refractivity contribution in [3.63, 3.8) is 0 Å². The highest BCUT2D eigenvalue weighted by Gasteiger charge is 2.26. The summed E-state index contributed by atoms with van der Waals surface area (Å²) in [6, 6.07) is -1.06. The third-order valence-corrected chi connectivity index (χ3v) is 5.20. The highest BCUT2D eigenvalue weighted by molar-refractivity contribution is 5.92. The van der Waals surface area contributed by atoms with Crippen LogP contribution in [0.3, 0.4) is 0 Å². The van der Waals surface area contributed by atoms with E-state index in [0.29, 0.717) is 0 Å². The lowest BCUT2D eigenvalue weighted by atomic mass is 9.72. The van der Waals surface area contributed by atoms with E-state index in [9.17, 15) is 14.7 Å². The van der Waals surface area contributed by atoms with E-state index in [1.807, 2.05) is 25.2 Å². The van der Waals surface area contributed by atoms with Gasteiger partial charge in [0.05, 0.1) is 13.2 Å². The van der Waals surface area contributed by atoms with Crippen molar-refractivity contribution in [2.24, 2.45) is 5.41 Å². The number of hydrogen-bond donors (Lipinski definition) is 2. The number of aliphatic hydroxyl groups is 1. The lowest BCUT2D eigenvalue weighted by Gasteiger charge is -2.32. The molecule has 0 aliphatic heterocycles. The summed E-state index contributed by atoms with van der Waals surface area (Å²) in [5.74, 6) is -1.10. The van der Waals surface area contributed by atoms with E-state index in [0.717, 1.165) is 11.1 Å². The summed E-state index contributed by atoms with van der Waals surface area (Å²) in [5.41, 5.74) is 4.97. The zero-order valence-corrected chi connectivity index (χ0v) is 19.2. The van der Waals surface area contributed by atoms with Gasteiger partial charge in [-0.3, -0.25) is 4.79 Å². The topological polar surface area (TPSA) is 75.6 Å². The number of carbonyl (C=O) groups is 2. The van der Waals surface area contributed by atoms with Crippen LogP contribution < -0.4 is 5.32 Å². The van der Waals surface area contributed by atoms with Crippen molar-refractivity contribution in [1.29, 1.82) is 0 Å². The number of hydrogen-bond acceptors (Lipinski definition) is 4. The molecule has 1 amide bonds. The smallest absolute Gasteiger partial charge is 0.331 e. The van der Waals surface area contributed by atoms with E-state index in [4.69, 9.17) is 4.74 Å². The Labute approximate surface area is 181 Å². The summed E-state index contributed by atoms with van der Waals surface area (Å²) < 4.78 is 4.81. The maximum Gasteiger partial charge on any atom is 0.331 e. The Bertz CT molecular complexity index is 766. The van der Waals surface area contributed by atoms with E-state index >= 15 is 0 Å². The second-order valence-corrected chi connectivity index (χ2v) is 8.42. The highest BCUT2D eigenvalue weighted by Crippen LogP contribution is 2.40. The lowest BCUT2D eigenvalue weighted by molar-refractivity contribution is -0.148. The number of esters is 1. The molecule has 0 aromatic heterocycles. The molecule has 0 aromatic carbocycles. The van der Waals surface area contributed by atoms with E-state index in [1.54, 1.807) is 13.8 Å². The van der Waals surface area contributed by atoms with Crippen LogP contribution in [0.4, 0.5) is 0 Å². The number of carbonyl (C=O) groups excluding carboxylic acids is 2. The fraction of sp³-hybridized carbons (Fsp3) is 0.520. The quantitative estimate of drug-likeness (QED) is 0.329. The average Bonchev–Trinajstić information content (AvgIpc) is 2.65. The molecule has 0 fully saturated rings. The summed E-state index contributed by atoms with van der Waals surface area (Å²) in [7, 11) is 0. The molecule has 0 heterocycles. The third kappa shape index (κ3) is 8.54. The normalized spacial score (nSPS) is 18.8. The molecular formula is C25H37NO4. The molecule has 0 saturated carbocycles. The maximum absolute atomic E-state index is 12.0. The first-order chi connectivity index (χ1) is 14.1. The van der Waals surface area contributed by atoms with Crippen LogP contribution >= 0.6 is 0 Å². The van der Waals surface area contributed by atoms with Crippen LogP contribution in [0, 0.1) is 5.41 Å². The molecule has 1 aliphatic carbocycles. The summed E-state index contributed by atoms with van der Waals surface area (Å²) in [6.07, 6.45) is 15.1. The molecule has 1 rings (SSSR count). The van der Waals surface area contributed by atoms with Crippen molar-refractivity contribution in [2.75, 3.05) is 13.2 Å². The van der Waals surface area contributed by atoms with Crippen LogP contribution in [0.5, 0.6) is 0 Å². The average molecular weight is 416 g/mol. The van der Waals surface area contributed by atoms with E-state index < -0.39 is 24.5 Å². The van der Waals surface area contributed by atoms with Crippen LogP contribution in [-0.2, 0) is 14.3 Å². The van der Waals surface area contributed by atoms with Crippen LogP contribution in [0.2, 0.25) is 0 Å². The SMILES string of the molecule is CCOC(=O)[C@H](CO)NC(=O)/C=C(C)/C=C/C=C(C)/C=C/C1=C(C)CCCC1(C)C. The van der Waals surface area contributed by atoms with Crippen molar-refractivity contribution < 1.29 is 19.4 Å². The number of aliphatic hydroxyl groups excluding tert-OH is 1. The molecule has 1 aliphatic rings. The molecular weight excluding hydrogens is 378 g/mol. The Morgan fingerprint density at radius 3 is 2.53 bits per heavy atom. The number of ether oxygens (including phenoxy) is 1. The summed E-state index contributed by atoms with van der Waals surface area (Å²) in [6.45, 7) is 12.0. The van der Waals surface area contributed by atoms with Gasteiger partial charge in [0.2, 0.25) is 5.91 Å². The minimum Gasteiger partial charge on any atom is -0.464 e. The van der Waals surface area contributed by atoms with Crippen molar-refractivity contribution in [3.05, 3.63) is 58.7 Å². The first kappa shape index (κ1) is 25.6. The van der Waals surface area contributed by atoms with Crippen molar-refractivity contribution in [2.45, 2.75) is 66.8 Å². The van der Waals surface area contributed by atoms with Gasteiger partial charge in [-0.15, -0.1) is 0 Å². The summed E-state index contributed by atoms with van der Waals surface area (Å²) >= 11 is 0. The molecule has 30 heavy (non-hydrogen) atoms. The van der Waals surface area contributed by atoms with Crippen molar-refractivity contribution >= 4 is 11.9 Å². The molecule has 1 atom stereocenters. The van der Waals surface area contributed by atoms with Gasteiger partial charge in [0.15, 0.2) is 6.04 Å². The molecule has 5 nitrogen and oxygen atoms in total. The van der Waals surface area contributed by atoms with Crippen molar-refractivity contribution in [3.8, 4) is 0 Å². The minimum absolute atomic E-state index is 0.192. The molecule has 5 heteroatoms. The van der Waals surface area contributed by atoms with Gasteiger partial charge in [0.25, 0.3) is 0 Å². The third-order valence-electron chi connectivity index (χ3n) is 5.20. The Morgan fingerprint density at radius 2 is 1.93 bits per heavy atom. The number of allylic oxidation sites excluding steroid dienone is 9. The minimum atomic E-state index is -1.06. The van der Waals surface area contributed by atoms with Gasteiger partial charge in [0.1, 0.15) is 0 Å². The fourth-order valence-electron chi connectivity index (χ4n) is 3.52. The van der Waals surface area contributed by atoms with Gasteiger partial charge < -0.3 is 15.2 Å². The second kappa shape index (κ2) is 12.3. The van der Waals surface area contributed by atoms with Gasteiger partial charge in [-0.25, -0.2) is 4.79 Å². The van der Waals surface area contributed by atoms with E-state index in [2.05, 4.69) is 38.2 Å². The van der Waals surface area contributed by atoms with Gasteiger partial charge in [-0.2, -0.15) is 0 Å². The zero-order chi connectivity index (χ0) is 22.7. The van der Waals surface area contributed by atoms with Crippen molar-refractivity contribution in [1.82, 2.24) is 5.32 Å². The van der Waals surface area contributed by atoms with Gasteiger partial charge in [0, 0.05) is 6.08 Å². The molecule has 2 N–H and O–H groups in total. The molecule has 0 unspecified atom stereocenters. The van der Waals surface area contributed by atoms with Gasteiger partial charge in [-0.05, 0) is 63.5 Å². The van der Waals surface area contributed by atoms with E-state index in [1.165, 1.54) is 36.5 Å². The Hall–Kier alpha value is -2.40. The molecule has 0 radical (unpaired) electrons. The lowest BCUT2D eigenvalue weighted by Crippen LogP contribution is -2.43. The second-order valence-electron chi connectivity index (χ2n) is 8.42. The maximum atomic E-state index is 12.0. The first-order valence-corrected chi connectivity index (χ1v) is 10.6. The molecule has 0 bridgehead atoms. The fourth-order valence-corrected chi connectivity index (χ4v) is 3.52. The number of rotatable bonds is 9. The predicted molar refractivity (Wildman–Crippen MR) is 122 cm³/mol. The monoisotopic (exact) mass is 415 g/mol. The number of amides is 1. The Balaban J connectivity index is 2.71. The number of nitrogens with one attached hydrogen (secondary N) is 1. The summed E-state index contributed by atoms with van der Waals surface area (Å²) in [5, 5.41) is 11.7. The largest absolute Gasteiger partial charge is 0.464 e. The van der Waals surface area contributed by atoms with Crippen LogP contribution in [-0.4, -0.2) is 36.2 Å². The molecule has 166 valence electrons. The predicted octanol–water partition coefficient (Wildman–Crippen LogP) is 4.56. The first-order valence-electron chi connectivity index (χ1n) is 10.6. The summed E-state index contributed by atoms with van der Waals surface area (Å²) in [4.78, 5) is 23.7. The van der Waals surface area contributed by atoms with E-state index in [-0.39, 0.29) is 12.0 Å². The highest BCUT2D eigenvalue weighted by atomic mass is 16.5.